The molecule has 0 radical (unpaired) electrons. The zero-order chi connectivity index (χ0) is 13.5. The van der Waals surface area contributed by atoms with Gasteiger partial charge in [0.1, 0.15) is 5.75 Å². The Hall–Kier alpha value is -1.42. The standard InChI is InChI=1S/C14H24N2O2/c1-10(2)18-14-9-12(6-7-13(14)15)16-8-4-5-11(3)17/h6-7,9-11,16-17H,4-5,8,15H2,1-3H3. The summed E-state index contributed by atoms with van der Waals surface area (Å²) in [7, 11) is 0. The van der Waals surface area contributed by atoms with Gasteiger partial charge in [0.05, 0.1) is 17.9 Å². The van der Waals surface area contributed by atoms with Crippen molar-refractivity contribution in [3.63, 3.8) is 0 Å². The number of nitrogens with one attached hydrogen (secondary N) is 1. The van der Waals surface area contributed by atoms with E-state index in [0.717, 1.165) is 25.1 Å². The molecular formula is C14H24N2O2. The molecule has 0 saturated carbocycles. The van der Waals surface area contributed by atoms with E-state index in [2.05, 4.69) is 5.32 Å². The first-order chi connectivity index (χ1) is 8.49. The van der Waals surface area contributed by atoms with Gasteiger partial charge in [0.15, 0.2) is 0 Å². The fourth-order valence-corrected chi connectivity index (χ4v) is 1.63. The first kappa shape index (κ1) is 14.6. The molecule has 18 heavy (non-hydrogen) atoms. The second-order valence-corrected chi connectivity index (χ2v) is 4.84. The van der Waals surface area contributed by atoms with E-state index in [9.17, 15) is 0 Å². The minimum atomic E-state index is -0.238. The van der Waals surface area contributed by atoms with Crippen molar-refractivity contribution < 1.29 is 9.84 Å². The van der Waals surface area contributed by atoms with E-state index in [0.29, 0.717) is 11.4 Å². The summed E-state index contributed by atoms with van der Waals surface area (Å²) in [5.74, 6) is 0.713. The lowest BCUT2D eigenvalue weighted by molar-refractivity contribution is 0.183. The van der Waals surface area contributed by atoms with Gasteiger partial charge in [-0.25, -0.2) is 0 Å². The third kappa shape index (κ3) is 5.27. The van der Waals surface area contributed by atoms with E-state index in [1.165, 1.54) is 0 Å². The van der Waals surface area contributed by atoms with Crippen LogP contribution in [0.4, 0.5) is 11.4 Å². The monoisotopic (exact) mass is 252 g/mol. The maximum absolute atomic E-state index is 9.16. The molecular weight excluding hydrogens is 228 g/mol. The normalized spacial score (nSPS) is 12.5. The highest BCUT2D eigenvalue weighted by atomic mass is 16.5. The van der Waals surface area contributed by atoms with Gasteiger partial charge < -0.3 is 20.9 Å². The average molecular weight is 252 g/mol. The number of anilines is 2. The van der Waals surface area contributed by atoms with E-state index in [4.69, 9.17) is 15.6 Å². The average Bonchev–Trinajstić information content (AvgIpc) is 2.27. The topological polar surface area (TPSA) is 67.5 Å². The number of ether oxygens (including phenoxy) is 1. The number of hydrogen-bond donors (Lipinski definition) is 3. The van der Waals surface area contributed by atoms with Crippen molar-refractivity contribution in [3.8, 4) is 5.75 Å². The van der Waals surface area contributed by atoms with Crippen LogP contribution in [-0.2, 0) is 0 Å². The lowest BCUT2D eigenvalue weighted by Gasteiger charge is -2.14. The minimum Gasteiger partial charge on any atom is -0.489 e. The Bertz CT molecular complexity index is 365. The Morgan fingerprint density at radius 2 is 2.06 bits per heavy atom. The molecule has 0 amide bonds. The molecule has 4 nitrogen and oxygen atoms in total. The van der Waals surface area contributed by atoms with Crippen LogP contribution in [0, 0.1) is 0 Å². The predicted molar refractivity (Wildman–Crippen MR) is 76.0 cm³/mol. The van der Waals surface area contributed by atoms with Crippen LogP contribution in [-0.4, -0.2) is 23.9 Å². The van der Waals surface area contributed by atoms with Crippen molar-refractivity contribution in [1.29, 1.82) is 0 Å². The fourth-order valence-electron chi connectivity index (χ4n) is 1.63. The van der Waals surface area contributed by atoms with Crippen LogP contribution in [0.1, 0.15) is 33.6 Å². The first-order valence-corrected chi connectivity index (χ1v) is 6.47. The molecule has 4 heteroatoms. The van der Waals surface area contributed by atoms with Gasteiger partial charge in [0, 0.05) is 18.3 Å². The summed E-state index contributed by atoms with van der Waals surface area (Å²) >= 11 is 0. The molecule has 0 aliphatic heterocycles. The van der Waals surface area contributed by atoms with Crippen LogP contribution in [0.15, 0.2) is 18.2 Å². The first-order valence-electron chi connectivity index (χ1n) is 6.47. The Kier molecular flexibility index (Phi) is 5.78. The highest BCUT2D eigenvalue weighted by Crippen LogP contribution is 2.26. The van der Waals surface area contributed by atoms with Gasteiger partial charge in [-0.2, -0.15) is 0 Å². The van der Waals surface area contributed by atoms with Crippen molar-refractivity contribution in [1.82, 2.24) is 0 Å². The van der Waals surface area contributed by atoms with Crippen LogP contribution >= 0.6 is 0 Å². The molecule has 1 aromatic rings. The number of nitrogen functional groups attached to an aromatic ring is 1. The molecule has 0 spiro atoms. The molecule has 1 rings (SSSR count). The van der Waals surface area contributed by atoms with Crippen LogP contribution in [0.5, 0.6) is 5.75 Å². The number of hydrogen-bond acceptors (Lipinski definition) is 4. The molecule has 0 heterocycles. The van der Waals surface area contributed by atoms with Crippen molar-refractivity contribution in [3.05, 3.63) is 18.2 Å². The predicted octanol–water partition coefficient (Wildman–Crippen LogP) is 2.63. The molecule has 102 valence electrons. The van der Waals surface area contributed by atoms with Gasteiger partial charge >= 0.3 is 0 Å². The Balaban J connectivity index is 2.51. The lowest BCUT2D eigenvalue weighted by Crippen LogP contribution is -2.09. The fraction of sp³-hybridized carbons (Fsp3) is 0.571. The molecule has 0 aliphatic carbocycles. The van der Waals surface area contributed by atoms with Crippen molar-refractivity contribution in [2.75, 3.05) is 17.6 Å². The van der Waals surface area contributed by atoms with Gasteiger partial charge in [-0.3, -0.25) is 0 Å². The van der Waals surface area contributed by atoms with E-state index in [-0.39, 0.29) is 12.2 Å². The van der Waals surface area contributed by atoms with Crippen molar-refractivity contribution in [2.24, 2.45) is 0 Å². The van der Waals surface area contributed by atoms with Gasteiger partial charge in [-0.15, -0.1) is 0 Å². The van der Waals surface area contributed by atoms with E-state index in [1.54, 1.807) is 6.92 Å². The molecule has 0 saturated heterocycles. The van der Waals surface area contributed by atoms with Crippen LogP contribution in [0.2, 0.25) is 0 Å². The molecule has 0 aromatic heterocycles. The highest BCUT2D eigenvalue weighted by molar-refractivity contribution is 5.61. The Morgan fingerprint density at radius 3 is 2.67 bits per heavy atom. The quantitative estimate of drug-likeness (QED) is 0.515. The van der Waals surface area contributed by atoms with Gasteiger partial charge in [-0.1, -0.05) is 0 Å². The van der Waals surface area contributed by atoms with Crippen molar-refractivity contribution in [2.45, 2.75) is 45.8 Å². The minimum absolute atomic E-state index is 0.109. The van der Waals surface area contributed by atoms with E-state index < -0.39 is 0 Å². The van der Waals surface area contributed by atoms with Crippen LogP contribution in [0.3, 0.4) is 0 Å². The number of aliphatic hydroxyl groups excluding tert-OH is 1. The molecule has 4 N–H and O–H groups in total. The smallest absolute Gasteiger partial charge is 0.144 e. The molecule has 0 aliphatic rings. The lowest BCUT2D eigenvalue weighted by atomic mass is 10.2. The number of rotatable bonds is 7. The third-order valence-electron chi connectivity index (χ3n) is 2.50. The van der Waals surface area contributed by atoms with Gasteiger partial charge in [0.2, 0.25) is 0 Å². The summed E-state index contributed by atoms with van der Waals surface area (Å²) in [6.07, 6.45) is 1.61. The summed E-state index contributed by atoms with van der Waals surface area (Å²) in [6.45, 7) is 6.58. The molecule has 0 bridgehead atoms. The summed E-state index contributed by atoms with van der Waals surface area (Å²) in [5, 5.41) is 12.5. The molecule has 1 atom stereocenters. The number of aliphatic hydroxyl groups is 1. The maximum atomic E-state index is 9.16. The zero-order valence-electron chi connectivity index (χ0n) is 11.4. The van der Waals surface area contributed by atoms with E-state index >= 15 is 0 Å². The maximum Gasteiger partial charge on any atom is 0.144 e. The molecule has 0 fully saturated rings. The van der Waals surface area contributed by atoms with Crippen LogP contribution in [0.25, 0.3) is 0 Å². The summed E-state index contributed by atoms with van der Waals surface area (Å²) < 4.78 is 5.63. The number of nitrogens with two attached hydrogens (primary N) is 1. The van der Waals surface area contributed by atoms with Crippen LogP contribution < -0.4 is 15.8 Å². The molecule has 1 unspecified atom stereocenters. The Morgan fingerprint density at radius 1 is 1.33 bits per heavy atom. The highest BCUT2D eigenvalue weighted by Gasteiger charge is 2.04. The second-order valence-electron chi connectivity index (χ2n) is 4.84. The SMILES string of the molecule is CC(O)CCCNc1ccc(N)c(OC(C)C)c1. The largest absolute Gasteiger partial charge is 0.489 e. The molecule has 1 aromatic carbocycles. The Labute approximate surface area is 109 Å². The summed E-state index contributed by atoms with van der Waals surface area (Å²) in [4.78, 5) is 0. The summed E-state index contributed by atoms with van der Waals surface area (Å²) in [6, 6.07) is 5.69. The van der Waals surface area contributed by atoms with Gasteiger partial charge in [0.25, 0.3) is 0 Å². The second kappa shape index (κ2) is 7.11. The van der Waals surface area contributed by atoms with Crippen molar-refractivity contribution >= 4 is 11.4 Å². The summed E-state index contributed by atoms with van der Waals surface area (Å²) in [5.41, 5.74) is 7.49. The van der Waals surface area contributed by atoms with E-state index in [1.807, 2.05) is 32.0 Å². The van der Waals surface area contributed by atoms with Gasteiger partial charge in [-0.05, 0) is 45.7 Å². The zero-order valence-corrected chi connectivity index (χ0v) is 11.4. The third-order valence-corrected chi connectivity index (χ3v) is 2.50. The number of benzene rings is 1.